The fraction of sp³-hybridized carbons (Fsp3) is 0.368. The van der Waals surface area contributed by atoms with Crippen molar-refractivity contribution in [3.63, 3.8) is 0 Å². The number of carbonyl (C=O) groups is 2. The Hall–Kier alpha value is -2.96. The summed E-state index contributed by atoms with van der Waals surface area (Å²) in [7, 11) is 0. The molecule has 7 nitrogen and oxygen atoms in total. The zero-order chi connectivity index (χ0) is 18.1. The highest BCUT2D eigenvalue weighted by Gasteiger charge is 2.48. The van der Waals surface area contributed by atoms with Gasteiger partial charge in [0.15, 0.2) is 0 Å². The molecule has 4 atom stereocenters. The molecule has 2 N–H and O–H groups in total. The van der Waals surface area contributed by atoms with Crippen LogP contribution in [0.5, 0.6) is 0 Å². The summed E-state index contributed by atoms with van der Waals surface area (Å²) in [4.78, 5) is 28.4. The largest absolute Gasteiger partial charge is 0.481 e. The van der Waals surface area contributed by atoms with Gasteiger partial charge in [0, 0.05) is 5.69 Å². The fourth-order valence-electron chi connectivity index (χ4n) is 4.11. The molecule has 7 heteroatoms. The van der Waals surface area contributed by atoms with Crippen molar-refractivity contribution in [1.82, 2.24) is 14.8 Å². The molecule has 134 valence electrons. The van der Waals surface area contributed by atoms with Crippen molar-refractivity contribution in [2.24, 2.45) is 23.7 Å². The first kappa shape index (κ1) is 16.5. The fourth-order valence-corrected chi connectivity index (χ4v) is 4.11. The van der Waals surface area contributed by atoms with E-state index < -0.39 is 17.8 Å². The van der Waals surface area contributed by atoms with Crippen LogP contribution in [0.15, 0.2) is 49.1 Å². The van der Waals surface area contributed by atoms with E-state index >= 15 is 0 Å². The quantitative estimate of drug-likeness (QED) is 0.804. The minimum absolute atomic E-state index is 0.00712. The van der Waals surface area contributed by atoms with Crippen molar-refractivity contribution >= 4 is 17.6 Å². The summed E-state index contributed by atoms with van der Waals surface area (Å²) in [5.74, 6) is -2.27. The van der Waals surface area contributed by atoms with E-state index in [-0.39, 0.29) is 17.7 Å². The SMILES string of the molecule is O=C(O)[C@@H]1[C@@H](C(=O)Nc2ccc(Cn3cncn3)cc2)[C@H]2C=C[C@H]1CC2. The first-order chi connectivity index (χ1) is 12.6. The minimum Gasteiger partial charge on any atom is -0.481 e. The lowest BCUT2D eigenvalue weighted by atomic mass is 9.62. The molecule has 0 spiro atoms. The van der Waals surface area contributed by atoms with Crippen molar-refractivity contribution in [2.45, 2.75) is 19.4 Å². The second kappa shape index (κ2) is 6.74. The number of hydrogen-bond donors (Lipinski definition) is 2. The van der Waals surface area contributed by atoms with Gasteiger partial charge in [-0.05, 0) is 42.4 Å². The summed E-state index contributed by atoms with van der Waals surface area (Å²) in [6.45, 7) is 0.604. The van der Waals surface area contributed by atoms with Gasteiger partial charge in [0.05, 0.1) is 18.4 Å². The van der Waals surface area contributed by atoms with Gasteiger partial charge in [0.2, 0.25) is 5.91 Å². The third kappa shape index (κ3) is 3.12. The van der Waals surface area contributed by atoms with Gasteiger partial charge in [0.1, 0.15) is 12.7 Å². The molecule has 0 aliphatic heterocycles. The predicted molar refractivity (Wildman–Crippen MR) is 94.2 cm³/mol. The average Bonchev–Trinajstić information content (AvgIpc) is 3.16. The van der Waals surface area contributed by atoms with Gasteiger partial charge in [0.25, 0.3) is 0 Å². The van der Waals surface area contributed by atoms with E-state index in [1.807, 2.05) is 36.4 Å². The van der Waals surface area contributed by atoms with Gasteiger partial charge in [-0.3, -0.25) is 9.59 Å². The van der Waals surface area contributed by atoms with Gasteiger partial charge in [-0.25, -0.2) is 9.67 Å². The van der Waals surface area contributed by atoms with E-state index in [1.165, 1.54) is 6.33 Å². The minimum atomic E-state index is -0.882. The molecule has 3 aliphatic rings. The number of benzene rings is 1. The molecule has 3 aliphatic carbocycles. The lowest BCUT2D eigenvalue weighted by Crippen LogP contribution is -2.47. The zero-order valence-electron chi connectivity index (χ0n) is 14.2. The maximum Gasteiger partial charge on any atom is 0.307 e. The molecule has 2 aromatic rings. The first-order valence-corrected chi connectivity index (χ1v) is 8.75. The zero-order valence-corrected chi connectivity index (χ0v) is 14.2. The van der Waals surface area contributed by atoms with Crippen LogP contribution in [0.2, 0.25) is 0 Å². The van der Waals surface area contributed by atoms with E-state index in [9.17, 15) is 14.7 Å². The van der Waals surface area contributed by atoms with E-state index in [0.29, 0.717) is 12.2 Å². The number of hydrogen-bond acceptors (Lipinski definition) is 4. The molecule has 1 amide bonds. The van der Waals surface area contributed by atoms with Crippen LogP contribution in [0, 0.1) is 23.7 Å². The summed E-state index contributed by atoms with van der Waals surface area (Å²) in [5.41, 5.74) is 1.71. The Labute approximate surface area is 150 Å². The smallest absolute Gasteiger partial charge is 0.307 e. The number of nitrogens with one attached hydrogen (secondary N) is 1. The summed E-state index contributed by atoms with van der Waals surface area (Å²) in [5, 5.41) is 16.5. The van der Waals surface area contributed by atoms with Crippen molar-refractivity contribution in [3.8, 4) is 0 Å². The summed E-state index contributed by atoms with van der Waals surface area (Å²) in [6.07, 6.45) is 8.83. The lowest BCUT2D eigenvalue weighted by Gasteiger charge is -2.41. The molecule has 1 saturated carbocycles. The number of carboxylic acids is 1. The van der Waals surface area contributed by atoms with Crippen molar-refractivity contribution in [1.29, 1.82) is 0 Å². The van der Waals surface area contributed by atoms with Crippen LogP contribution in [0.25, 0.3) is 0 Å². The first-order valence-electron chi connectivity index (χ1n) is 8.75. The van der Waals surface area contributed by atoms with Gasteiger partial charge >= 0.3 is 5.97 Å². The van der Waals surface area contributed by atoms with Crippen LogP contribution in [-0.2, 0) is 16.1 Å². The van der Waals surface area contributed by atoms with E-state index in [2.05, 4.69) is 15.4 Å². The molecule has 5 rings (SSSR count). The number of aromatic nitrogens is 3. The van der Waals surface area contributed by atoms with Crippen molar-refractivity contribution in [3.05, 3.63) is 54.6 Å². The monoisotopic (exact) mass is 352 g/mol. The summed E-state index contributed by atoms with van der Waals surface area (Å²) >= 11 is 0. The van der Waals surface area contributed by atoms with Gasteiger partial charge in [-0.2, -0.15) is 5.10 Å². The third-order valence-corrected chi connectivity index (χ3v) is 5.37. The summed E-state index contributed by atoms with van der Waals surface area (Å²) < 4.78 is 1.72. The molecule has 26 heavy (non-hydrogen) atoms. The summed E-state index contributed by atoms with van der Waals surface area (Å²) in [6, 6.07) is 7.49. The highest BCUT2D eigenvalue weighted by molar-refractivity contribution is 5.96. The van der Waals surface area contributed by atoms with Gasteiger partial charge in [-0.15, -0.1) is 0 Å². The second-order valence-corrected chi connectivity index (χ2v) is 6.96. The van der Waals surface area contributed by atoms with Crippen LogP contribution in [0.4, 0.5) is 5.69 Å². The number of amides is 1. The molecule has 1 aromatic heterocycles. The number of aliphatic carboxylic acids is 1. The number of anilines is 1. The number of rotatable bonds is 5. The third-order valence-electron chi connectivity index (χ3n) is 5.37. The number of carbonyl (C=O) groups excluding carboxylic acids is 1. The molecule has 1 aromatic carbocycles. The predicted octanol–water partition coefficient (Wildman–Crippen LogP) is 2.18. The highest BCUT2D eigenvalue weighted by atomic mass is 16.4. The Morgan fingerprint density at radius 2 is 1.81 bits per heavy atom. The second-order valence-electron chi connectivity index (χ2n) is 6.96. The van der Waals surface area contributed by atoms with E-state index in [1.54, 1.807) is 11.0 Å². The van der Waals surface area contributed by atoms with Crippen molar-refractivity contribution in [2.75, 3.05) is 5.32 Å². The van der Waals surface area contributed by atoms with E-state index in [4.69, 9.17) is 0 Å². The number of nitrogens with zero attached hydrogens (tertiary/aromatic N) is 3. The van der Waals surface area contributed by atoms with Crippen molar-refractivity contribution < 1.29 is 14.7 Å². The molecule has 0 radical (unpaired) electrons. The maximum atomic E-state index is 12.8. The number of carboxylic acid groups (broad SMARTS) is 1. The Morgan fingerprint density at radius 3 is 2.38 bits per heavy atom. The Balaban J connectivity index is 1.45. The normalized spacial score (nSPS) is 26.6. The molecule has 2 bridgehead atoms. The Kier molecular flexibility index (Phi) is 4.28. The standard InChI is InChI=1S/C19H20N4O3/c24-18(16-13-3-5-14(6-4-13)17(16)19(25)26)22-15-7-1-12(2-8-15)9-23-11-20-10-21-23/h1-3,5,7-8,10-11,13-14,16-17H,4,6,9H2,(H,22,24)(H,25,26)/t13-,14-,16-,17-/m0/s1. The highest BCUT2D eigenvalue weighted by Crippen LogP contribution is 2.45. The molecular formula is C19H20N4O3. The topological polar surface area (TPSA) is 97.1 Å². The molecule has 1 fully saturated rings. The van der Waals surface area contributed by atoms with E-state index in [0.717, 1.165) is 18.4 Å². The van der Waals surface area contributed by atoms with Gasteiger partial charge in [-0.1, -0.05) is 24.3 Å². The van der Waals surface area contributed by atoms with Crippen LogP contribution >= 0.6 is 0 Å². The lowest BCUT2D eigenvalue weighted by molar-refractivity contribution is -0.151. The Morgan fingerprint density at radius 1 is 1.12 bits per heavy atom. The molecule has 0 unspecified atom stereocenters. The van der Waals surface area contributed by atoms with Gasteiger partial charge < -0.3 is 10.4 Å². The van der Waals surface area contributed by atoms with Crippen LogP contribution in [0.1, 0.15) is 18.4 Å². The Bertz CT molecular complexity index is 829. The molecule has 0 saturated heterocycles. The maximum absolute atomic E-state index is 12.8. The average molecular weight is 352 g/mol. The van der Waals surface area contributed by atoms with Crippen LogP contribution < -0.4 is 5.32 Å². The van der Waals surface area contributed by atoms with Crippen LogP contribution in [-0.4, -0.2) is 31.7 Å². The number of fused-ring (bicyclic) bond motifs is 2. The molecular weight excluding hydrogens is 332 g/mol. The number of allylic oxidation sites excluding steroid dienone is 2. The molecule has 1 heterocycles. The van der Waals surface area contributed by atoms with Crippen LogP contribution in [0.3, 0.4) is 0 Å².